The van der Waals surface area contributed by atoms with E-state index < -0.39 is 0 Å². The molecule has 0 aromatic carbocycles. The fourth-order valence-corrected chi connectivity index (χ4v) is 1.07. The van der Waals surface area contributed by atoms with Crippen LogP contribution in [0.5, 0.6) is 0 Å². The van der Waals surface area contributed by atoms with Gasteiger partial charge in [-0.3, -0.25) is 0 Å². The van der Waals surface area contributed by atoms with Crippen LogP contribution in [0.15, 0.2) is 18.3 Å². The Labute approximate surface area is 88.3 Å². The van der Waals surface area contributed by atoms with Crippen LogP contribution in [-0.2, 0) is 0 Å². The predicted octanol–water partition coefficient (Wildman–Crippen LogP) is 3.16. The smallest absolute Gasteiger partial charge is 0.145 e. The van der Waals surface area contributed by atoms with Gasteiger partial charge in [0.25, 0.3) is 0 Å². The topological polar surface area (TPSA) is 24.9 Å². The molecule has 1 rings (SSSR count). The van der Waals surface area contributed by atoms with Crippen molar-refractivity contribution in [3.8, 4) is 0 Å². The van der Waals surface area contributed by atoms with Crippen LogP contribution in [0.25, 0.3) is 0 Å². The summed E-state index contributed by atoms with van der Waals surface area (Å²) >= 11 is 11.7. The lowest BCUT2D eigenvalue weighted by molar-refractivity contribution is 0.638. The zero-order chi connectivity index (χ0) is 9.90. The van der Waals surface area contributed by atoms with Gasteiger partial charge in [-0.25, -0.2) is 4.98 Å². The number of pyridine rings is 1. The Balaban J connectivity index is 2.80. The van der Waals surface area contributed by atoms with Gasteiger partial charge in [-0.2, -0.15) is 0 Å². The van der Waals surface area contributed by atoms with Crippen LogP contribution < -0.4 is 5.32 Å². The van der Waals surface area contributed by atoms with Gasteiger partial charge in [0.05, 0.1) is 5.02 Å². The second kappa shape index (κ2) is 4.16. The number of hydrogen-bond acceptors (Lipinski definition) is 2. The molecule has 72 valence electrons. The second-order valence-corrected chi connectivity index (χ2v) is 4.15. The molecule has 0 aliphatic rings. The van der Waals surface area contributed by atoms with Crippen LogP contribution >= 0.6 is 23.2 Å². The molecule has 1 aromatic rings. The Bertz CT molecular complexity index is 287. The highest BCUT2D eigenvalue weighted by Crippen LogP contribution is 2.21. The Morgan fingerprint density at radius 2 is 2.23 bits per heavy atom. The van der Waals surface area contributed by atoms with E-state index >= 15 is 0 Å². The molecule has 0 atom stereocenters. The number of aromatic nitrogens is 1. The van der Waals surface area contributed by atoms with Gasteiger partial charge in [-0.15, -0.1) is 11.6 Å². The first-order valence-corrected chi connectivity index (χ1v) is 4.91. The van der Waals surface area contributed by atoms with E-state index in [0.29, 0.717) is 16.7 Å². The molecule has 0 fully saturated rings. The minimum Gasteiger partial charge on any atom is -0.363 e. The summed E-state index contributed by atoms with van der Waals surface area (Å²) in [6, 6.07) is 3.59. The molecule has 0 unspecified atom stereocenters. The third kappa shape index (κ3) is 3.05. The zero-order valence-electron chi connectivity index (χ0n) is 7.64. The largest absolute Gasteiger partial charge is 0.363 e. The van der Waals surface area contributed by atoms with Crippen molar-refractivity contribution in [3.63, 3.8) is 0 Å². The summed E-state index contributed by atoms with van der Waals surface area (Å²) in [5.41, 5.74) is -0.195. The molecule has 0 bridgehead atoms. The van der Waals surface area contributed by atoms with E-state index in [0.717, 1.165) is 0 Å². The number of nitrogens with one attached hydrogen (secondary N) is 1. The molecule has 13 heavy (non-hydrogen) atoms. The highest BCUT2D eigenvalue weighted by atomic mass is 35.5. The molecule has 1 aromatic heterocycles. The highest BCUT2D eigenvalue weighted by molar-refractivity contribution is 6.32. The van der Waals surface area contributed by atoms with Crippen LogP contribution in [0, 0.1) is 0 Å². The SMILES string of the molecule is CC(C)(CCl)Nc1ncccc1Cl. The molecule has 0 spiro atoms. The molecule has 4 heteroatoms. The van der Waals surface area contributed by atoms with E-state index in [9.17, 15) is 0 Å². The first kappa shape index (κ1) is 10.6. The summed E-state index contributed by atoms with van der Waals surface area (Å²) in [6.07, 6.45) is 1.69. The zero-order valence-corrected chi connectivity index (χ0v) is 9.15. The van der Waals surface area contributed by atoms with Crippen molar-refractivity contribution in [2.45, 2.75) is 19.4 Å². The number of halogens is 2. The van der Waals surface area contributed by atoms with Crippen molar-refractivity contribution in [2.24, 2.45) is 0 Å². The summed E-state index contributed by atoms with van der Waals surface area (Å²) in [6.45, 7) is 3.98. The standard InChI is InChI=1S/C9H12Cl2N2/c1-9(2,6-10)13-8-7(11)4-3-5-12-8/h3-5H,6H2,1-2H3,(H,12,13). The summed E-state index contributed by atoms with van der Waals surface area (Å²) in [5.74, 6) is 1.18. The first-order valence-electron chi connectivity index (χ1n) is 4.00. The third-order valence-electron chi connectivity index (χ3n) is 1.55. The molecule has 2 nitrogen and oxygen atoms in total. The van der Waals surface area contributed by atoms with Gasteiger partial charge >= 0.3 is 0 Å². The molecule has 1 heterocycles. The third-order valence-corrected chi connectivity index (χ3v) is 2.52. The van der Waals surface area contributed by atoms with Crippen molar-refractivity contribution in [3.05, 3.63) is 23.4 Å². The van der Waals surface area contributed by atoms with Gasteiger partial charge in [0.2, 0.25) is 0 Å². The maximum absolute atomic E-state index is 5.92. The first-order chi connectivity index (χ1) is 6.05. The van der Waals surface area contributed by atoms with Gasteiger partial charge in [0.1, 0.15) is 5.82 Å². The number of rotatable bonds is 3. The Morgan fingerprint density at radius 3 is 2.77 bits per heavy atom. The van der Waals surface area contributed by atoms with Crippen molar-refractivity contribution in [2.75, 3.05) is 11.2 Å². The average Bonchev–Trinajstić information content (AvgIpc) is 2.09. The number of anilines is 1. The minimum absolute atomic E-state index is 0.195. The highest BCUT2D eigenvalue weighted by Gasteiger charge is 2.17. The van der Waals surface area contributed by atoms with E-state index in [1.807, 2.05) is 13.8 Å². The van der Waals surface area contributed by atoms with Crippen LogP contribution in [0.4, 0.5) is 5.82 Å². The average molecular weight is 219 g/mol. The van der Waals surface area contributed by atoms with Gasteiger partial charge in [-0.05, 0) is 26.0 Å². The number of nitrogens with zero attached hydrogens (tertiary/aromatic N) is 1. The number of alkyl halides is 1. The maximum Gasteiger partial charge on any atom is 0.145 e. The fourth-order valence-electron chi connectivity index (χ4n) is 0.832. The van der Waals surface area contributed by atoms with Gasteiger partial charge in [0.15, 0.2) is 0 Å². The van der Waals surface area contributed by atoms with Crippen LogP contribution in [-0.4, -0.2) is 16.4 Å². The molecular weight excluding hydrogens is 207 g/mol. The Hall–Kier alpha value is -0.470. The molecule has 0 saturated heterocycles. The lowest BCUT2D eigenvalue weighted by Gasteiger charge is -2.24. The summed E-state index contributed by atoms with van der Waals surface area (Å²) in [5, 5.41) is 3.77. The van der Waals surface area contributed by atoms with E-state index in [4.69, 9.17) is 23.2 Å². The summed E-state index contributed by atoms with van der Waals surface area (Å²) in [7, 11) is 0. The normalized spacial score (nSPS) is 11.4. The minimum atomic E-state index is -0.195. The monoisotopic (exact) mass is 218 g/mol. The fraction of sp³-hybridized carbons (Fsp3) is 0.444. The van der Waals surface area contributed by atoms with Crippen molar-refractivity contribution in [1.29, 1.82) is 0 Å². The molecule has 0 aliphatic heterocycles. The van der Waals surface area contributed by atoms with Gasteiger partial charge in [-0.1, -0.05) is 11.6 Å². The van der Waals surface area contributed by atoms with Crippen molar-refractivity contribution in [1.82, 2.24) is 4.98 Å². The van der Waals surface area contributed by atoms with Crippen LogP contribution in [0.3, 0.4) is 0 Å². The lowest BCUT2D eigenvalue weighted by atomic mass is 10.1. The van der Waals surface area contributed by atoms with E-state index in [2.05, 4.69) is 10.3 Å². The predicted molar refractivity (Wildman–Crippen MR) is 57.7 cm³/mol. The summed E-state index contributed by atoms with van der Waals surface area (Å²) in [4.78, 5) is 4.11. The molecule has 0 radical (unpaired) electrons. The van der Waals surface area contributed by atoms with Gasteiger partial charge in [0, 0.05) is 17.6 Å². The van der Waals surface area contributed by atoms with Gasteiger partial charge < -0.3 is 5.32 Å². The van der Waals surface area contributed by atoms with E-state index in [1.165, 1.54) is 0 Å². The van der Waals surface area contributed by atoms with E-state index in [-0.39, 0.29) is 5.54 Å². The van der Waals surface area contributed by atoms with Crippen LogP contribution in [0.1, 0.15) is 13.8 Å². The second-order valence-electron chi connectivity index (χ2n) is 3.48. The Kier molecular flexibility index (Phi) is 3.40. The molecular formula is C9H12Cl2N2. The Morgan fingerprint density at radius 1 is 1.54 bits per heavy atom. The van der Waals surface area contributed by atoms with Crippen molar-refractivity contribution < 1.29 is 0 Å². The molecule has 0 aliphatic carbocycles. The van der Waals surface area contributed by atoms with Crippen molar-refractivity contribution >= 4 is 29.0 Å². The quantitative estimate of drug-likeness (QED) is 0.789. The molecule has 0 saturated carbocycles. The summed E-state index contributed by atoms with van der Waals surface area (Å²) < 4.78 is 0. The lowest BCUT2D eigenvalue weighted by Crippen LogP contribution is -2.33. The van der Waals surface area contributed by atoms with Crippen LogP contribution in [0.2, 0.25) is 5.02 Å². The number of hydrogen-bond donors (Lipinski definition) is 1. The van der Waals surface area contributed by atoms with E-state index in [1.54, 1.807) is 18.3 Å². The molecule has 0 amide bonds. The maximum atomic E-state index is 5.92. The molecule has 1 N–H and O–H groups in total.